The first kappa shape index (κ1) is 20.5. The fraction of sp³-hybridized carbons (Fsp3) is 0.174. The van der Waals surface area contributed by atoms with Gasteiger partial charge in [-0.05, 0) is 53.6 Å². The summed E-state index contributed by atoms with van der Waals surface area (Å²) in [6.45, 7) is 1.35. The maximum atomic E-state index is 12.3. The molecule has 0 saturated carbocycles. The van der Waals surface area contributed by atoms with Crippen LogP contribution >= 0.6 is 23.2 Å². The van der Waals surface area contributed by atoms with E-state index in [-0.39, 0.29) is 11.9 Å². The Labute approximate surface area is 185 Å². The number of amides is 1. The topological polar surface area (TPSA) is 76.4 Å². The minimum absolute atomic E-state index is 0.0466. The van der Waals surface area contributed by atoms with Gasteiger partial charge in [0.15, 0.2) is 0 Å². The fourth-order valence-corrected chi connectivity index (χ4v) is 3.90. The summed E-state index contributed by atoms with van der Waals surface area (Å²) in [5, 5.41) is 7.38. The maximum absolute atomic E-state index is 12.3. The molecular formula is C23H21Cl2N3O2. The van der Waals surface area contributed by atoms with E-state index >= 15 is 0 Å². The smallest absolute Gasteiger partial charge is 0.251 e. The van der Waals surface area contributed by atoms with Crippen LogP contribution in [0.2, 0.25) is 10.0 Å². The van der Waals surface area contributed by atoms with Crippen LogP contribution in [0.4, 0.5) is 5.69 Å². The van der Waals surface area contributed by atoms with Crippen molar-refractivity contribution < 1.29 is 9.53 Å². The Balaban J connectivity index is 1.60. The van der Waals surface area contributed by atoms with Crippen molar-refractivity contribution >= 4 is 34.8 Å². The van der Waals surface area contributed by atoms with Crippen LogP contribution in [0.25, 0.3) is 11.1 Å². The summed E-state index contributed by atoms with van der Waals surface area (Å²) < 4.78 is 5.84. The van der Waals surface area contributed by atoms with Crippen LogP contribution in [0.15, 0.2) is 60.7 Å². The molecule has 3 aromatic carbocycles. The Morgan fingerprint density at radius 1 is 1.07 bits per heavy atom. The Kier molecular flexibility index (Phi) is 6.13. The van der Waals surface area contributed by atoms with Crippen molar-refractivity contribution in [3.8, 4) is 16.9 Å². The normalized spacial score (nSPS) is 14.7. The first-order valence-corrected chi connectivity index (χ1v) is 10.4. The van der Waals surface area contributed by atoms with Crippen molar-refractivity contribution in [2.24, 2.45) is 5.73 Å². The van der Waals surface area contributed by atoms with Gasteiger partial charge < -0.3 is 21.1 Å². The van der Waals surface area contributed by atoms with Gasteiger partial charge in [-0.3, -0.25) is 4.79 Å². The number of carbonyl (C=O) groups excluding carboxylic acids is 1. The molecule has 0 aromatic heterocycles. The van der Waals surface area contributed by atoms with E-state index in [0.29, 0.717) is 35.3 Å². The van der Waals surface area contributed by atoms with Gasteiger partial charge >= 0.3 is 0 Å². The predicted molar refractivity (Wildman–Crippen MR) is 122 cm³/mol. The van der Waals surface area contributed by atoms with Gasteiger partial charge in [-0.2, -0.15) is 0 Å². The summed E-state index contributed by atoms with van der Waals surface area (Å²) in [5.74, 6) is 0.696. The van der Waals surface area contributed by atoms with Gasteiger partial charge in [-0.1, -0.05) is 41.4 Å². The second-order valence-corrected chi connectivity index (χ2v) is 7.85. The molecule has 3 aromatic rings. The second kappa shape index (κ2) is 8.96. The minimum atomic E-state index is -0.135. The summed E-state index contributed by atoms with van der Waals surface area (Å²) in [7, 11) is 0. The van der Waals surface area contributed by atoms with Crippen molar-refractivity contribution in [2.75, 3.05) is 25.0 Å². The molecule has 0 aliphatic carbocycles. The maximum Gasteiger partial charge on any atom is 0.251 e. The van der Waals surface area contributed by atoms with Crippen LogP contribution in [0.3, 0.4) is 0 Å². The average molecular weight is 442 g/mol. The third kappa shape index (κ3) is 4.38. The molecule has 0 radical (unpaired) electrons. The number of fused-ring (bicyclic) bond motifs is 1. The summed E-state index contributed by atoms with van der Waals surface area (Å²) in [6.07, 6.45) is 0. The Bertz CT molecular complexity index is 1090. The number of hydrogen-bond donors (Lipinski definition) is 3. The summed E-state index contributed by atoms with van der Waals surface area (Å²) in [5.41, 5.74) is 9.85. The number of nitrogens with one attached hydrogen (secondary N) is 2. The lowest BCUT2D eigenvalue weighted by Crippen LogP contribution is -2.28. The lowest BCUT2D eigenvalue weighted by Gasteiger charge is -2.15. The van der Waals surface area contributed by atoms with Crippen LogP contribution < -0.4 is 21.1 Å². The number of carbonyl (C=O) groups is 1. The minimum Gasteiger partial charge on any atom is -0.491 e. The predicted octanol–water partition coefficient (Wildman–Crippen LogP) is 4.89. The van der Waals surface area contributed by atoms with Crippen LogP contribution in [0, 0.1) is 0 Å². The van der Waals surface area contributed by atoms with E-state index in [9.17, 15) is 4.79 Å². The van der Waals surface area contributed by atoms with Crippen molar-refractivity contribution in [3.63, 3.8) is 0 Å². The molecule has 0 saturated heterocycles. The number of anilines is 1. The van der Waals surface area contributed by atoms with Gasteiger partial charge in [-0.25, -0.2) is 0 Å². The molecule has 1 unspecified atom stereocenters. The van der Waals surface area contributed by atoms with Gasteiger partial charge in [0.05, 0.1) is 16.8 Å². The van der Waals surface area contributed by atoms with E-state index < -0.39 is 0 Å². The highest BCUT2D eigenvalue weighted by Crippen LogP contribution is 2.39. The highest BCUT2D eigenvalue weighted by Gasteiger charge is 2.25. The molecule has 0 fully saturated rings. The van der Waals surface area contributed by atoms with E-state index in [1.807, 2.05) is 36.4 Å². The molecule has 0 spiro atoms. The molecule has 30 heavy (non-hydrogen) atoms. The number of rotatable bonds is 6. The van der Waals surface area contributed by atoms with E-state index in [0.717, 1.165) is 28.1 Å². The zero-order valence-corrected chi connectivity index (χ0v) is 17.6. The number of halogens is 2. The standard InChI is InChI=1S/C23H21Cl2N3O2/c24-17-5-6-20(19(25)12-17)28-21-13-30-22-7-4-15(11-18(21)22)14-2-1-3-16(10-14)23(29)27-9-8-26/h1-7,10-12,21,28H,8-9,13,26H2,(H,27,29). The molecule has 1 heterocycles. The first-order valence-electron chi connectivity index (χ1n) is 9.62. The Morgan fingerprint density at radius 3 is 2.70 bits per heavy atom. The molecule has 0 bridgehead atoms. The van der Waals surface area contributed by atoms with Crippen molar-refractivity contribution in [2.45, 2.75) is 6.04 Å². The number of ether oxygens (including phenoxy) is 1. The Morgan fingerprint density at radius 2 is 1.90 bits per heavy atom. The van der Waals surface area contributed by atoms with E-state index in [1.54, 1.807) is 18.2 Å². The molecule has 1 atom stereocenters. The van der Waals surface area contributed by atoms with Crippen LogP contribution in [0.1, 0.15) is 22.0 Å². The number of benzene rings is 3. The molecule has 4 rings (SSSR count). The largest absolute Gasteiger partial charge is 0.491 e. The van der Waals surface area contributed by atoms with Crippen molar-refractivity contribution in [3.05, 3.63) is 81.8 Å². The van der Waals surface area contributed by atoms with Crippen LogP contribution in [-0.4, -0.2) is 25.6 Å². The van der Waals surface area contributed by atoms with Crippen LogP contribution in [0.5, 0.6) is 5.75 Å². The SMILES string of the molecule is NCCNC(=O)c1cccc(-c2ccc3c(c2)C(Nc2ccc(Cl)cc2Cl)CO3)c1. The molecule has 154 valence electrons. The quantitative estimate of drug-likeness (QED) is 0.508. The lowest BCUT2D eigenvalue weighted by molar-refractivity contribution is 0.0955. The zero-order valence-electron chi connectivity index (χ0n) is 16.1. The molecule has 1 aliphatic heterocycles. The molecule has 7 heteroatoms. The first-order chi connectivity index (χ1) is 14.5. The van der Waals surface area contributed by atoms with Gasteiger partial charge in [-0.15, -0.1) is 0 Å². The second-order valence-electron chi connectivity index (χ2n) is 7.01. The number of nitrogens with two attached hydrogens (primary N) is 1. The molecular weight excluding hydrogens is 421 g/mol. The average Bonchev–Trinajstić information content (AvgIpc) is 3.16. The summed E-state index contributed by atoms with van der Waals surface area (Å²) in [4.78, 5) is 12.3. The van der Waals surface area contributed by atoms with E-state index in [2.05, 4.69) is 16.7 Å². The van der Waals surface area contributed by atoms with Crippen molar-refractivity contribution in [1.29, 1.82) is 0 Å². The molecule has 4 N–H and O–H groups in total. The summed E-state index contributed by atoms with van der Waals surface area (Å²) in [6, 6.07) is 18.9. The fourth-order valence-electron chi connectivity index (χ4n) is 3.44. The van der Waals surface area contributed by atoms with Gasteiger partial charge in [0.25, 0.3) is 5.91 Å². The van der Waals surface area contributed by atoms with E-state index in [4.69, 9.17) is 33.7 Å². The van der Waals surface area contributed by atoms with Gasteiger partial charge in [0, 0.05) is 29.2 Å². The molecule has 1 aliphatic rings. The van der Waals surface area contributed by atoms with Gasteiger partial charge in [0.2, 0.25) is 0 Å². The third-order valence-corrected chi connectivity index (χ3v) is 5.49. The highest BCUT2D eigenvalue weighted by molar-refractivity contribution is 6.36. The molecule has 5 nitrogen and oxygen atoms in total. The van der Waals surface area contributed by atoms with Gasteiger partial charge in [0.1, 0.15) is 12.4 Å². The Hall–Kier alpha value is -2.73. The zero-order chi connectivity index (χ0) is 21.1. The highest BCUT2D eigenvalue weighted by atomic mass is 35.5. The molecule has 1 amide bonds. The van der Waals surface area contributed by atoms with Crippen molar-refractivity contribution in [1.82, 2.24) is 5.32 Å². The number of hydrogen-bond acceptors (Lipinski definition) is 4. The lowest BCUT2D eigenvalue weighted by atomic mass is 9.98. The monoisotopic (exact) mass is 441 g/mol. The summed E-state index contributed by atoms with van der Waals surface area (Å²) >= 11 is 12.3. The van der Waals surface area contributed by atoms with Crippen LogP contribution in [-0.2, 0) is 0 Å². The third-order valence-electron chi connectivity index (χ3n) is 4.94. The van der Waals surface area contributed by atoms with E-state index in [1.165, 1.54) is 0 Å².